The Balaban J connectivity index is 1.54. The molecular weight excluding hydrogens is 374 g/mol. The van der Waals surface area contributed by atoms with Gasteiger partial charge in [-0.15, -0.1) is 0 Å². The predicted molar refractivity (Wildman–Crippen MR) is 112 cm³/mol. The first kappa shape index (κ1) is 19.2. The fraction of sp³-hybridized carbons (Fsp3) is 0.429. The lowest BCUT2D eigenvalue weighted by molar-refractivity contribution is -0.908. The molecule has 0 radical (unpaired) electrons. The van der Waals surface area contributed by atoms with Gasteiger partial charge >= 0.3 is 0 Å². The molecule has 7 heteroatoms. The van der Waals surface area contributed by atoms with Crippen molar-refractivity contribution >= 4 is 23.1 Å². The molecule has 0 unspecified atom stereocenters. The van der Waals surface area contributed by atoms with Crippen molar-refractivity contribution in [1.82, 2.24) is 14.6 Å². The minimum Gasteiger partial charge on any atom is -0.370 e. The van der Waals surface area contributed by atoms with E-state index in [-0.39, 0.29) is 0 Å². The summed E-state index contributed by atoms with van der Waals surface area (Å²) in [7, 11) is 0. The molecule has 1 aliphatic rings. The second-order valence-corrected chi connectivity index (χ2v) is 7.81. The largest absolute Gasteiger partial charge is 0.370 e. The van der Waals surface area contributed by atoms with Gasteiger partial charge in [0.15, 0.2) is 5.65 Å². The van der Waals surface area contributed by atoms with E-state index >= 15 is 0 Å². The Bertz CT molecular complexity index is 948. The molecule has 28 heavy (non-hydrogen) atoms. The molecule has 148 valence electrons. The lowest BCUT2D eigenvalue weighted by Gasteiger charge is -2.23. The molecule has 2 N–H and O–H groups in total. The number of fused-ring (bicyclic) bond motifs is 1. The Labute approximate surface area is 170 Å². The molecule has 0 bridgehead atoms. The van der Waals surface area contributed by atoms with Crippen LogP contribution in [0.15, 0.2) is 30.3 Å². The summed E-state index contributed by atoms with van der Waals surface area (Å²) in [5.41, 5.74) is 4.95. The Morgan fingerprint density at radius 2 is 1.93 bits per heavy atom. The number of quaternary nitrogens is 1. The molecule has 0 spiro atoms. The summed E-state index contributed by atoms with van der Waals surface area (Å²) in [6, 6.07) is 9.92. The lowest BCUT2D eigenvalue weighted by atomic mass is 10.1. The van der Waals surface area contributed by atoms with Gasteiger partial charge in [0, 0.05) is 35.3 Å². The molecule has 1 saturated heterocycles. The van der Waals surface area contributed by atoms with Crippen molar-refractivity contribution in [2.75, 3.05) is 44.7 Å². The highest BCUT2D eigenvalue weighted by atomic mass is 35.5. The molecule has 4 rings (SSSR count). The van der Waals surface area contributed by atoms with Crippen LogP contribution >= 0.6 is 11.6 Å². The average molecular weight is 401 g/mol. The van der Waals surface area contributed by atoms with Crippen LogP contribution in [0.5, 0.6) is 0 Å². The Morgan fingerprint density at radius 1 is 1.18 bits per heavy atom. The number of ether oxygens (including phenoxy) is 1. The number of hydrogen-bond acceptors (Lipinski definition) is 4. The number of benzene rings is 1. The SMILES string of the molecule is Cc1cc(NCCC[NH+]2CCOCC2)n2nc(C)c(-c3ccc(Cl)cc3)c2n1. The summed E-state index contributed by atoms with van der Waals surface area (Å²) in [6.45, 7) is 10.1. The molecule has 0 amide bonds. The van der Waals surface area contributed by atoms with Crippen LogP contribution in [0.4, 0.5) is 5.82 Å². The average Bonchev–Trinajstić information content (AvgIpc) is 3.02. The highest BCUT2D eigenvalue weighted by molar-refractivity contribution is 6.30. The third-order valence-electron chi connectivity index (χ3n) is 5.24. The predicted octanol–water partition coefficient (Wildman–Crippen LogP) is 2.38. The maximum Gasteiger partial charge on any atom is 0.165 e. The third-order valence-corrected chi connectivity index (χ3v) is 5.49. The minimum atomic E-state index is 0.728. The number of halogens is 1. The van der Waals surface area contributed by atoms with Gasteiger partial charge in [-0.3, -0.25) is 0 Å². The second kappa shape index (κ2) is 8.47. The lowest BCUT2D eigenvalue weighted by Crippen LogP contribution is -3.14. The molecular formula is C21H27ClN5O+. The second-order valence-electron chi connectivity index (χ2n) is 7.38. The number of rotatable bonds is 6. The number of morpholine rings is 1. The normalized spacial score (nSPS) is 15.2. The Kier molecular flexibility index (Phi) is 5.80. The standard InChI is InChI=1S/C21H26ClN5O/c1-15-14-19(23-8-3-9-26-10-12-28-13-11-26)27-21(24-15)20(16(2)25-27)17-4-6-18(22)7-5-17/h4-7,14,23H,3,8-13H2,1-2H3/p+1. The smallest absolute Gasteiger partial charge is 0.165 e. The van der Waals surface area contributed by atoms with Crippen LogP contribution in [0.1, 0.15) is 17.8 Å². The molecule has 0 saturated carbocycles. The van der Waals surface area contributed by atoms with Gasteiger partial charge in [-0.05, 0) is 31.5 Å². The van der Waals surface area contributed by atoms with Gasteiger partial charge in [0.05, 0.1) is 25.5 Å². The summed E-state index contributed by atoms with van der Waals surface area (Å²) in [4.78, 5) is 6.40. The summed E-state index contributed by atoms with van der Waals surface area (Å²) in [5, 5.41) is 9.05. The van der Waals surface area contributed by atoms with Crippen LogP contribution in [-0.4, -0.2) is 54.0 Å². The number of anilines is 1. The van der Waals surface area contributed by atoms with E-state index in [4.69, 9.17) is 26.4 Å². The maximum absolute atomic E-state index is 6.05. The number of nitrogens with zero attached hydrogens (tertiary/aromatic N) is 3. The van der Waals surface area contributed by atoms with E-state index in [1.54, 1.807) is 4.90 Å². The van der Waals surface area contributed by atoms with E-state index in [0.717, 1.165) is 84.8 Å². The van der Waals surface area contributed by atoms with E-state index < -0.39 is 0 Å². The van der Waals surface area contributed by atoms with Crippen LogP contribution in [0.3, 0.4) is 0 Å². The van der Waals surface area contributed by atoms with E-state index in [2.05, 4.69) is 11.4 Å². The number of aryl methyl sites for hydroxylation is 2. The minimum absolute atomic E-state index is 0.728. The fourth-order valence-corrected chi connectivity index (χ4v) is 3.92. The topological polar surface area (TPSA) is 55.9 Å². The summed E-state index contributed by atoms with van der Waals surface area (Å²) in [6.07, 6.45) is 1.11. The van der Waals surface area contributed by atoms with Gasteiger partial charge in [-0.25, -0.2) is 4.98 Å². The molecule has 2 aromatic heterocycles. The van der Waals surface area contributed by atoms with E-state index in [1.807, 2.05) is 42.6 Å². The molecule has 1 aliphatic heterocycles. The fourth-order valence-electron chi connectivity index (χ4n) is 3.79. The highest BCUT2D eigenvalue weighted by Crippen LogP contribution is 2.30. The van der Waals surface area contributed by atoms with Crippen molar-refractivity contribution in [3.63, 3.8) is 0 Å². The van der Waals surface area contributed by atoms with Crippen molar-refractivity contribution in [2.45, 2.75) is 20.3 Å². The van der Waals surface area contributed by atoms with Crippen LogP contribution in [0.2, 0.25) is 5.02 Å². The molecule has 3 aromatic rings. The Morgan fingerprint density at radius 3 is 2.68 bits per heavy atom. The van der Waals surface area contributed by atoms with Crippen LogP contribution in [-0.2, 0) is 4.74 Å². The molecule has 6 nitrogen and oxygen atoms in total. The zero-order chi connectivity index (χ0) is 19.5. The quantitative estimate of drug-likeness (QED) is 0.624. The highest BCUT2D eigenvalue weighted by Gasteiger charge is 2.16. The zero-order valence-electron chi connectivity index (χ0n) is 16.5. The van der Waals surface area contributed by atoms with Gasteiger partial charge in [0.25, 0.3) is 0 Å². The first-order valence-electron chi connectivity index (χ1n) is 9.90. The van der Waals surface area contributed by atoms with Gasteiger partial charge in [0.1, 0.15) is 18.9 Å². The van der Waals surface area contributed by atoms with Crippen molar-refractivity contribution < 1.29 is 9.64 Å². The van der Waals surface area contributed by atoms with E-state index in [0.29, 0.717) is 0 Å². The Hall–Kier alpha value is -2.15. The van der Waals surface area contributed by atoms with Gasteiger partial charge in [0.2, 0.25) is 0 Å². The number of aromatic nitrogens is 3. The molecule has 1 aromatic carbocycles. The summed E-state index contributed by atoms with van der Waals surface area (Å²) >= 11 is 6.05. The van der Waals surface area contributed by atoms with Gasteiger partial charge in [-0.1, -0.05) is 23.7 Å². The van der Waals surface area contributed by atoms with Crippen LogP contribution in [0, 0.1) is 13.8 Å². The molecule has 0 aliphatic carbocycles. The zero-order valence-corrected chi connectivity index (χ0v) is 17.2. The third kappa shape index (κ3) is 4.14. The van der Waals surface area contributed by atoms with E-state index in [1.165, 1.54) is 0 Å². The van der Waals surface area contributed by atoms with E-state index in [9.17, 15) is 0 Å². The summed E-state index contributed by atoms with van der Waals surface area (Å²) in [5.74, 6) is 0.989. The van der Waals surface area contributed by atoms with Crippen LogP contribution < -0.4 is 10.2 Å². The molecule has 1 fully saturated rings. The summed E-state index contributed by atoms with van der Waals surface area (Å²) < 4.78 is 7.36. The van der Waals surface area contributed by atoms with Crippen LogP contribution in [0.25, 0.3) is 16.8 Å². The first-order chi connectivity index (χ1) is 13.6. The number of nitrogens with one attached hydrogen (secondary N) is 2. The molecule has 0 atom stereocenters. The van der Waals surface area contributed by atoms with Crippen molar-refractivity contribution in [3.8, 4) is 11.1 Å². The van der Waals surface area contributed by atoms with Gasteiger partial charge in [-0.2, -0.15) is 9.61 Å². The van der Waals surface area contributed by atoms with Crippen molar-refractivity contribution in [2.24, 2.45) is 0 Å². The molecule has 3 heterocycles. The number of hydrogen-bond donors (Lipinski definition) is 2. The first-order valence-corrected chi connectivity index (χ1v) is 10.3. The monoisotopic (exact) mass is 400 g/mol. The van der Waals surface area contributed by atoms with Crippen molar-refractivity contribution in [1.29, 1.82) is 0 Å². The van der Waals surface area contributed by atoms with Crippen molar-refractivity contribution in [3.05, 3.63) is 46.7 Å². The van der Waals surface area contributed by atoms with Gasteiger partial charge < -0.3 is 15.0 Å². The maximum atomic E-state index is 6.05.